The summed E-state index contributed by atoms with van der Waals surface area (Å²) in [5, 5.41) is 10.6. The van der Waals surface area contributed by atoms with Crippen LogP contribution in [0.3, 0.4) is 0 Å². The van der Waals surface area contributed by atoms with Gasteiger partial charge in [-0.25, -0.2) is 0 Å². The smallest absolute Gasteiger partial charge is 0.249 e. The molecule has 0 radical (unpaired) electrons. The summed E-state index contributed by atoms with van der Waals surface area (Å²) in [4.78, 5) is 47.2. The standard InChI is InChI=1S/C30H41N3O5/c1-7-16-31(6)26(35)23-22-14-15-30(38-22)24(23)27(36)33(21(19-34)18-20-12-10-9-11-13-20)25(30)28(37)32(17-8-2)29(3,4)5/h7-13,21-25,34H,1-2,14-19H2,3-6H3/t21-,22+,23-,24+,25?,30?/m1/s1. The van der Waals surface area contributed by atoms with E-state index >= 15 is 0 Å². The SMILES string of the molecule is C=CCN(C)C(=O)[C@@H]1[C@@H]2CCC3(O2)C(C(=O)N(CC=C)C(C)(C)C)N([C@@H](CO)Cc2ccccc2)C(=O)[C@H]13. The van der Waals surface area contributed by atoms with Gasteiger partial charge < -0.3 is 24.5 Å². The zero-order valence-electron chi connectivity index (χ0n) is 23.0. The van der Waals surface area contributed by atoms with E-state index in [0.29, 0.717) is 32.4 Å². The van der Waals surface area contributed by atoms with Crippen LogP contribution in [0.25, 0.3) is 0 Å². The normalized spacial score (nSPS) is 28.7. The molecule has 0 aliphatic carbocycles. The van der Waals surface area contributed by atoms with Crippen molar-refractivity contribution in [3.63, 3.8) is 0 Å². The molecule has 3 fully saturated rings. The molecule has 1 aromatic carbocycles. The molecule has 0 aromatic heterocycles. The van der Waals surface area contributed by atoms with Gasteiger partial charge in [-0.1, -0.05) is 42.5 Å². The number of carbonyl (C=O) groups excluding carboxylic acids is 3. The minimum absolute atomic E-state index is 0.176. The van der Waals surface area contributed by atoms with Crippen molar-refractivity contribution in [1.82, 2.24) is 14.7 Å². The highest BCUT2D eigenvalue weighted by molar-refractivity contribution is 5.99. The van der Waals surface area contributed by atoms with Crippen LogP contribution >= 0.6 is 0 Å². The van der Waals surface area contributed by atoms with E-state index in [1.807, 2.05) is 51.1 Å². The third-order valence-electron chi connectivity index (χ3n) is 8.34. The lowest BCUT2D eigenvalue weighted by molar-refractivity contribution is -0.154. The van der Waals surface area contributed by atoms with Crippen molar-refractivity contribution >= 4 is 17.7 Å². The van der Waals surface area contributed by atoms with E-state index in [2.05, 4.69) is 13.2 Å². The van der Waals surface area contributed by atoms with Crippen LogP contribution in [0.15, 0.2) is 55.6 Å². The van der Waals surface area contributed by atoms with Crippen LogP contribution in [0.4, 0.5) is 0 Å². The average molecular weight is 524 g/mol. The van der Waals surface area contributed by atoms with Crippen molar-refractivity contribution in [2.24, 2.45) is 11.8 Å². The van der Waals surface area contributed by atoms with Crippen LogP contribution in [-0.4, -0.2) is 93.6 Å². The van der Waals surface area contributed by atoms with E-state index in [9.17, 15) is 19.5 Å². The maximum absolute atomic E-state index is 14.5. The van der Waals surface area contributed by atoms with E-state index in [1.54, 1.807) is 33.9 Å². The fourth-order valence-electron chi connectivity index (χ4n) is 6.69. The summed E-state index contributed by atoms with van der Waals surface area (Å²) in [5.74, 6) is -2.18. The van der Waals surface area contributed by atoms with Gasteiger partial charge in [0.25, 0.3) is 0 Å². The summed E-state index contributed by atoms with van der Waals surface area (Å²) in [6.07, 6.45) is 4.38. The quantitative estimate of drug-likeness (QED) is 0.476. The van der Waals surface area contributed by atoms with Gasteiger partial charge in [0.1, 0.15) is 11.6 Å². The lowest BCUT2D eigenvalue weighted by Gasteiger charge is -2.43. The maximum atomic E-state index is 14.5. The second-order valence-electron chi connectivity index (χ2n) is 11.7. The van der Waals surface area contributed by atoms with Crippen LogP contribution in [0, 0.1) is 11.8 Å². The number of benzene rings is 1. The van der Waals surface area contributed by atoms with Crippen molar-refractivity contribution in [2.45, 2.75) is 69.4 Å². The van der Waals surface area contributed by atoms with Crippen molar-refractivity contribution in [1.29, 1.82) is 0 Å². The summed E-state index contributed by atoms with van der Waals surface area (Å²) in [7, 11) is 1.69. The van der Waals surface area contributed by atoms with Crippen molar-refractivity contribution < 1.29 is 24.2 Å². The monoisotopic (exact) mass is 523 g/mol. The molecule has 8 nitrogen and oxygen atoms in total. The van der Waals surface area contributed by atoms with Gasteiger partial charge in [-0.05, 0) is 45.6 Å². The molecule has 2 bridgehead atoms. The first-order valence-corrected chi connectivity index (χ1v) is 13.4. The molecule has 3 aliphatic heterocycles. The molecular weight excluding hydrogens is 482 g/mol. The Bertz CT molecular complexity index is 1080. The molecule has 206 valence electrons. The van der Waals surface area contributed by atoms with E-state index in [1.165, 1.54) is 0 Å². The predicted molar refractivity (Wildman–Crippen MR) is 145 cm³/mol. The van der Waals surface area contributed by atoms with Crippen LogP contribution < -0.4 is 0 Å². The number of rotatable bonds is 10. The Hall–Kier alpha value is -2.97. The first kappa shape index (κ1) is 28.0. The van der Waals surface area contributed by atoms with Crippen molar-refractivity contribution in [3.05, 3.63) is 61.2 Å². The number of ether oxygens (including phenoxy) is 1. The molecule has 6 atom stereocenters. The number of fused-ring (bicyclic) bond motifs is 1. The van der Waals surface area contributed by atoms with E-state index in [-0.39, 0.29) is 24.3 Å². The van der Waals surface area contributed by atoms with E-state index in [0.717, 1.165) is 5.56 Å². The number of nitrogens with zero attached hydrogens (tertiary/aromatic N) is 3. The van der Waals surface area contributed by atoms with Gasteiger partial charge in [0.15, 0.2) is 0 Å². The van der Waals surface area contributed by atoms with Gasteiger partial charge in [-0.3, -0.25) is 14.4 Å². The molecule has 1 aromatic rings. The fourth-order valence-corrected chi connectivity index (χ4v) is 6.69. The Kier molecular flexibility index (Phi) is 7.86. The third-order valence-corrected chi connectivity index (χ3v) is 8.34. The Morgan fingerprint density at radius 1 is 1.18 bits per heavy atom. The lowest BCUT2D eigenvalue weighted by atomic mass is 9.70. The second kappa shape index (κ2) is 10.7. The first-order valence-electron chi connectivity index (χ1n) is 13.4. The molecule has 3 heterocycles. The Labute approximate surface area is 225 Å². The summed E-state index contributed by atoms with van der Waals surface area (Å²) < 4.78 is 6.58. The molecule has 3 saturated heterocycles. The summed E-state index contributed by atoms with van der Waals surface area (Å²) in [6.45, 7) is 13.8. The average Bonchev–Trinajstić information content (AvgIpc) is 3.52. The molecule has 3 amide bonds. The molecule has 4 rings (SSSR count). The zero-order chi connectivity index (χ0) is 27.8. The first-order chi connectivity index (χ1) is 18.0. The van der Waals surface area contributed by atoms with E-state index < -0.39 is 41.2 Å². The molecule has 1 spiro atoms. The van der Waals surface area contributed by atoms with Crippen LogP contribution in [0.2, 0.25) is 0 Å². The van der Waals surface area contributed by atoms with Crippen molar-refractivity contribution in [2.75, 3.05) is 26.7 Å². The van der Waals surface area contributed by atoms with Crippen LogP contribution in [0.5, 0.6) is 0 Å². The third kappa shape index (κ3) is 4.58. The van der Waals surface area contributed by atoms with Gasteiger partial charge in [-0.2, -0.15) is 0 Å². The van der Waals surface area contributed by atoms with Gasteiger partial charge >= 0.3 is 0 Å². The number of aliphatic hydroxyl groups is 1. The highest BCUT2D eigenvalue weighted by Crippen LogP contribution is 2.59. The summed E-state index contributed by atoms with van der Waals surface area (Å²) in [5.41, 5.74) is -0.718. The number of hydrogen-bond donors (Lipinski definition) is 1. The number of carbonyl (C=O) groups is 3. The Morgan fingerprint density at radius 3 is 2.42 bits per heavy atom. The topological polar surface area (TPSA) is 90.4 Å². The van der Waals surface area contributed by atoms with Crippen LogP contribution in [0.1, 0.15) is 39.2 Å². The minimum atomic E-state index is -1.12. The summed E-state index contributed by atoms with van der Waals surface area (Å²) in [6, 6.07) is 8.01. The Morgan fingerprint density at radius 2 is 1.84 bits per heavy atom. The largest absolute Gasteiger partial charge is 0.394 e. The zero-order valence-corrected chi connectivity index (χ0v) is 23.0. The Balaban J connectivity index is 1.81. The van der Waals surface area contributed by atoms with Crippen molar-refractivity contribution in [3.8, 4) is 0 Å². The molecule has 1 N–H and O–H groups in total. The minimum Gasteiger partial charge on any atom is -0.394 e. The molecule has 3 aliphatic rings. The number of amides is 3. The molecule has 0 saturated carbocycles. The maximum Gasteiger partial charge on any atom is 0.249 e. The highest BCUT2D eigenvalue weighted by atomic mass is 16.5. The molecule has 38 heavy (non-hydrogen) atoms. The van der Waals surface area contributed by atoms with Gasteiger partial charge in [-0.15, -0.1) is 13.2 Å². The number of likely N-dealkylation sites (N-methyl/N-ethyl adjacent to an activating group) is 1. The van der Waals surface area contributed by atoms with Gasteiger partial charge in [0, 0.05) is 25.7 Å². The molecule has 2 unspecified atom stereocenters. The van der Waals surface area contributed by atoms with E-state index in [4.69, 9.17) is 4.74 Å². The second-order valence-corrected chi connectivity index (χ2v) is 11.7. The molecule has 8 heteroatoms. The predicted octanol–water partition coefficient (Wildman–Crippen LogP) is 2.42. The van der Waals surface area contributed by atoms with Crippen LogP contribution in [-0.2, 0) is 25.5 Å². The number of aliphatic hydroxyl groups excluding tert-OH is 1. The highest BCUT2D eigenvalue weighted by Gasteiger charge is 2.75. The number of likely N-dealkylation sites (tertiary alicyclic amines) is 1. The van der Waals surface area contributed by atoms with Gasteiger partial charge in [0.2, 0.25) is 17.7 Å². The fraction of sp³-hybridized carbons (Fsp3) is 0.567. The van der Waals surface area contributed by atoms with Gasteiger partial charge in [0.05, 0.1) is 30.6 Å². The molecular formula is C30H41N3O5. The lowest BCUT2D eigenvalue weighted by Crippen LogP contribution is -2.62. The summed E-state index contributed by atoms with van der Waals surface area (Å²) >= 11 is 0. The number of hydrogen-bond acceptors (Lipinski definition) is 5.